The topological polar surface area (TPSA) is 81.7 Å². The summed E-state index contributed by atoms with van der Waals surface area (Å²) in [5.74, 6) is -0.0559. The molecule has 1 rings (SSSR count). The second-order valence-corrected chi connectivity index (χ2v) is 6.54. The molecule has 0 spiro atoms. The normalized spacial score (nSPS) is 14.3. The summed E-state index contributed by atoms with van der Waals surface area (Å²) in [5, 5.41) is 0. The first-order valence-electron chi connectivity index (χ1n) is 6.55. The molecule has 1 atom stereocenters. The van der Waals surface area contributed by atoms with Crippen molar-refractivity contribution in [3.8, 4) is 5.75 Å². The van der Waals surface area contributed by atoms with Gasteiger partial charge >= 0.3 is 5.97 Å². The lowest BCUT2D eigenvalue weighted by Gasteiger charge is -2.27. The summed E-state index contributed by atoms with van der Waals surface area (Å²) >= 11 is 0. The Morgan fingerprint density at radius 1 is 1.24 bits per heavy atom. The minimum Gasteiger partial charge on any atom is -0.497 e. The van der Waals surface area contributed by atoms with E-state index in [2.05, 4.69) is 4.72 Å². The van der Waals surface area contributed by atoms with E-state index in [4.69, 9.17) is 9.47 Å². The molecule has 0 radical (unpaired) electrons. The van der Waals surface area contributed by atoms with Crippen molar-refractivity contribution in [2.75, 3.05) is 14.2 Å². The van der Waals surface area contributed by atoms with Crippen molar-refractivity contribution in [1.29, 1.82) is 0 Å². The van der Waals surface area contributed by atoms with Gasteiger partial charge in [0.1, 0.15) is 11.3 Å². The van der Waals surface area contributed by atoms with Gasteiger partial charge in [0.2, 0.25) is 10.0 Å². The summed E-state index contributed by atoms with van der Waals surface area (Å²) in [6.07, 6.45) is 0.978. The molecule has 7 heteroatoms. The van der Waals surface area contributed by atoms with Gasteiger partial charge in [0.05, 0.1) is 19.1 Å². The maximum absolute atomic E-state index is 12.4. The predicted molar refractivity (Wildman–Crippen MR) is 78.6 cm³/mol. The van der Waals surface area contributed by atoms with Crippen LogP contribution in [0.5, 0.6) is 5.75 Å². The monoisotopic (exact) mass is 315 g/mol. The summed E-state index contributed by atoms with van der Waals surface area (Å²) in [5.41, 5.74) is -1.29. The highest BCUT2D eigenvalue weighted by atomic mass is 32.2. The van der Waals surface area contributed by atoms with Gasteiger partial charge in [0.15, 0.2) is 0 Å². The second-order valence-electron chi connectivity index (χ2n) is 4.85. The zero-order valence-electron chi connectivity index (χ0n) is 12.7. The smallest absolute Gasteiger partial charge is 0.326 e. The number of benzene rings is 1. The van der Waals surface area contributed by atoms with Gasteiger partial charge in [0.25, 0.3) is 0 Å². The largest absolute Gasteiger partial charge is 0.497 e. The molecule has 0 saturated heterocycles. The molecule has 1 aromatic rings. The Hall–Kier alpha value is -1.60. The standard InChI is InChI=1S/C14H21NO5S/c1-5-10-14(2,13(16)20-4)15-21(17,18)12-8-6-11(19-3)7-9-12/h6-9,15H,5,10H2,1-4H3. The van der Waals surface area contributed by atoms with Crippen LogP contribution in [-0.2, 0) is 19.6 Å². The van der Waals surface area contributed by atoms with Crippen LogP contribution in [0.3, 0.4) is 0 Å². The first kappa shape index (κ1) is 17.5. The first-order chi connectivity index (χ1) is 9.79. The quantitative estimate of drug-likeness (QED) is 0.775. The van der Waals surface area contributed by atoms with E-state index in [0.717, 1.165) is 0 Å². The lowest BCUT2D eigenvalue weighted by Crippen LogP contribution is -2.52. The van der Waals surface area contributed by atoms with Crippen molar-refractivity contribution in [1.82, 2.24) is 4.72 Å². The van der Waals surface area contributed by atoms with Gasteiger partial charge in [-0.3, -0.25) is 4.79 Å². The molecule has 6 nitrogen and oxygen atoms in total. The van der Waals surface area contributed by atoms with Gasteiger partial charge in [-0.25, -0.2) is 8.42 Å². The Morgan fingerprint density at radius 3 is 2.24 bits per heavy atom. The Labute approximate surface area is 125 Å². The van der Waals surface area contributed by atoms with Crippen LogP contribution in [0, 0.1) is 0 Å². The van der Waals surface area contributed by atoms with Crippen molar-refractivity contribution < 1.29 is 22.7 Å². The summed E-state index contributed by atoms with van der Waals surface area (Å²) < 4.78 is 36.9. The Kier molecular flexibility index (Phi) is 5.74. The fourth-order valence-electron chi connectivity index (χ4n) is 2.03. The molecule has 21 heavy (non-hydrogen) atoms. The number of rotatable bonds is 7. The molecule has 0 saturated carbocycles. The summed E-state index contributed by atoms with van der Waals surface area (Å²) in [7, 11) is -1.10. The third-order valence-corrected chi connectivity index (χ3v) is 4.73. The third kappa shape index (κ3) is 4.18. The number of hydrogen-bond acceptors (Lipinski definition) is 5. The number of carbonyl (C=O) groups is 1. The molecule has 0 aliphatic heterocycles. The number of ether oxygens (including phenoxy) is 2. The highest BCUT2D eigenvalue weighted by Gasteiger charge is 2.38. The minimum atomic E-state index is -3.83. The van der Waals surface area contributed by atoms with Crippen molar-refractivity contribution in [3.05, 3.63) is 24.3 Å². The maximum Gasteiger partial charge on any atom is 0.326 e. The first-order valence-corrected chi connectivity index (χ1v) is 8.04. The molecule has 0 heterocycles. The van der Waals surface area contributed by atoms with Crippen LogP contribution in [0.4, 0.5) is 0 Å². The van der Waals surface area contributed by atoms with E-state index in [1.807, 2.05) is 6.92 Å². The molecule has 0 bridgehead atoms. The average Bonchev–Trinajstić information content (AvgIpc) is 2.46. The van der Waals surface area contributed by atoms with Crippen LogP contribution in [0.25, 0.3) is 0 Å². The van der Waals surface area contributed by atoms with Crippen molar-refractivity contribution in [2.45, 2.75) is 37.1 Å². The fraction of sp³-hybridized carbons (Fsp3) is 0.500. The third-order valence-electron chi connectivity index (χ3n) is 3.12. The summed E-state index contributed by atoms with van der Waals surface area (Å²) in [6.45, 7) is 3.38. The highest BCUT2D eigenvalue weighted by Crippen LogP contribution is 2.21. The van der Waals surface area contributed by atoms with Crippen molar-refractivity contribution in [2.24, 2.45) is 0 Å². The molecular formula is C14H21NO5S. The molecule has 0 fully saturated rings. The molecule has 0 aromatic heterocycles. The number of sulfonamides is 1. The lowest BCUT2D eigenvalue weighted by atomic mass is 9.98. The van der Waals surface area contributed by atoms with E-state index < -0.39 is 21.5 Å². The van der Waals surface area contributed by atoms with E-state index in [0.29, 0.717) is 18.6 Å². The van der Waals surface area contributed by atoms with Crippen LogP contribution in [0.2, 0.25) is 0 Å². The van der Waals surface area contributed by atoms with Crippen LogP contribution >= 0.6 is 0 Å². The van der Waals surface area contributed by atoms with Gasteiger partial charge in [0, 0.05) is 0 Å². The second kappa shape index (κ2) is 6.91. The van der Waals surface area contributed by atoms with E-state index in [1.54, 1.807) is 12.1 Å². The average molecular weight is 315 g/mol. The van der Waals surface area contributed by atoms with E-state index in [1.165, 1.54) is 33.3 Å². The van der Waals surface area contributed by atoms with Crippen molar-refractivity contribution >= 4 is 16.0 Å². The van der Waals surface area contributed by atoms with Crippen LogP contribution < -0.4 is 9.46 Å². The molecule has 0 amide bonds. The van der Waals surface area contributed by atoms with Crippen molar-refractivity contribution in [3.63, 3.8) is 0 Å². The Balaban J connectivity index is 3.08. The lowest BCUT2D eigenvalue weighted by molar-refractivity contribution is -0.147. The van der Waals surface area contributed by atoms with Gasteiger partial charge in [-0.15, -0.1) is 0 Å². The highest BCUT2D eigenvalue weighted by molar-refractivity contribution is 7.89. The van der Waals surface area contributed by atoms with Gasteiger partial charge in [-0.1, -0.05) is 13.3 Å². The molecule has 1 N–H and O–H groups in total. The van der Waals surface area contributed by atoms with Gasteiger partial charge < -0.3 is 9.47 Å². The van der Waals surface area contributed by atoms with E-state index in [9.17, 15) is 13.2 Å². The number of methoxy groups -OCH3 is 2. The number of carbonyl (C=O) groups excluding carboxylic acids is 1. The Morgan fingerprint density at radius 2 is 1.81 bits per heavy atom. The summed E-state index contributed by atoms with van der Waals surface area (Å²) in [4.78, 5) is 11.9. The van der Waals surface area contributed by atoms with E-state index in [-0.39, 0.29) is 4.90 Å². The molecule has 0 aliphatic carbocycles. The number of nitrogens with one attached hydrogen (secondary N) is 1. The van der Waals surface area contributed by atoms with Gasteiger partial charge in [-0.05, 0) is 37.6 Å². The molecule has 0 aliphatic rings. The number of esters is 1. The molecular weight excluding hydrogens is 294 g/mol. The van der Waals surface area contributed by atoms with Crippen LogP contribution in [0.1, 0.15) is 26.7 Å². The molecule has 118 valence electrons. The minimum absolute atomic E-state index is 0.0644. The zero-order valence-corrected chi connectivity index (χ0v) is 13.5. The SMILES string of the molecule is CCCC(C)(NS(=O)(=O)c1ccc(OC)cc1)C(=O)OC. The molecule has 1 unspecified atom stereocenters. The van der Waals surface area contributed by atoms with E-state index >= 15 is 0 Å². The van der Waals surface area contributed by atoms with Gasteiger partial charge in [-0.2, -0.15) is 4.72 Å². The molecule has 1 aromatic carbocycles. The zero-order chi connectivity index (χ0) is 16.1. The van der Waals surface area contributed by atoms with Crippen LogP contribution in [-0.4, -0.2) is 34.1 Å². The Bertz CT molecular complexity index is 582. The predicted octanol–water partition coefficient (Wildman–Crippen LogP) is 1.71. The fourth-order valence-corrected chi connectivity index (χ4v) is 3.42. The van der Waals surface area contributed by atoms with Crippen LogP contribution in [0.15, 0.2) is 29.2 Å². The maximum atomic E-state index is 12.4. The number of hydrogen-bond donors (Lipinski definition) is 1. The summed E-state index contributed by atoms with van der Waals surface area (Å²) in [6, 6.07) is 5.93.